The molecule has 0 radical (unpaired) electrons. The van der Waals surface area contributed by atoms with Crippen molar-refractivity contribution in [1.29, 1.82) is 0 Å². The summed E-state index contributed by atoms with van der Waals surface area (Å²) in [5.41, 5.74) is -0.307. The van der Waals surface area contributed by atoms with Crippen LogP contribution in [0.15, 0.2) is 34.8 Å². The molecule has 0 spiro atoms. The molecule has 2 nitrogen and oxygen atoms in total. The molecule has 0 aromatic heterocycles. The van der Waals surface area contributed by atoms with Gasteiger partial charge in [0, 0.05) is 15.1 Å². The fourth-order valence-corrected chi connectivity index (χ4v) is 2.36. The lowest BCUT2D eigenvalue weighted by Gasteiger charge is -2.08. The molecular formula is C13H6BrClF3NO. The minimum Gasteiger partial charge on any atom is -0.319 e. The molecule has 0 saturated carbocycles. The summed E-state index contributed by atoms with van der Waals surface area (Å²) in [5.74, 6) is -5.13. The molecule has 2 aromatic rings. The van der Waals surface area contributed by atoms with E-state index in [0.717, 1.165) is 12.1 Å². The third kappa shape index (κ3) is 3.13. The number of benzene rings is 2. The van der Waals surface area contributed by atoms with Crippen molar-refractivity contribution in [2.45, 2.75) is 0 Å². The highest BCUT2D eigenvalue weighted by Gasteiger charge is 2.16. The number of hydrogen-bond donors (Lipinski definition) is 1. The van der Waals surface area contributed by atoms with Crippen molar-refractivity contribution in [3.05, 3.63) is 62.8 Å². The number of carbonyl (C=O) groups excluding carboxylic acids is 1. The Balaban J connectivity index is 2.30. The van der Waals surface area contributed by atoms with Gasteiger partial charge in [0.25, 0.3) is 5.91 Å². The SMILES string of the molecule is O=C(Nc1ccc(F)c(F)c1F)c1cc(Cl)cc(Br)c1. The van der Waals surface area contributed by atoms with E-state index in [1.807, 2.05) is 0 Å². The molecule has 0 unspecified atom stereocenters. The zero-order valence-electron chi connectivity index (χ0n) is 9.68. The van der Waals surface area contributed by atoms with Crippen molar-refractivity contribution in [3.63, 3.8) is 0 Å². The predicted octanol–water partition coefficient (Wildman–Crippen LogP) is 4.77. The number of carbonyl (C=O) groups is 1. The maximum atomic E-state index is 13.4. The highest BCUT2D eigenvalue weighted by Crippen LogP contribution is 2.23. The number of hydrogen-bond acceptors (Lipinski definition) is 1. The third-order valence-electron chi connectivity index (χ3n) is 2.41. The first kappa shape index (κ1) is 14.9. The molecule has 104 valence electrons. The molecule has 0 aliphatic carbocycles. The summed E-state index contributed by atoms with van der Waals surface area (Å²) in [6.07, 6.45) is 0. The van der Waals surface area contributed by atoms with Crippen LogP contribution in [0.25, 0.3) is 0 Å². The Bertz CT molecular complexity index is 673. The molecule has 7 heteroatoms. The van der Waals surface area contributed by atoms with Gasteiger partial charge in [-0.05, 0) is 30.3 Å². The summed E-state index contributed by atoms with van der Waals surface area (Å²) in [6.45, 7) is 0. The average molecular weight is 365 g/mol. The van der Waals surface area contributed by atoms with Crippen LogP contribution in [0.3, 0.4) is 0 Å². The van der Waals surface area contributed by atoms with Crippen LogP contribution in [0.5, 0.6) is 0 Å². The van der Waals surface area contributed by atoms with Gasteiger partial charge in [0.2, 0.25) is 0 Å². The van der Waals surface area contributed by atoms with Gasteiger partial charge in [-0.2, -0.15) is 0 Å². The van der Waals surface area contributed by atoms with Gasteiger partial charge in [0.15, 0.2) is 17.5 Å². The Kier molecular flexibility index (Phi) is 4.35. The van der Waals surface area contributed by atoms with Crippen molar-refractivity contribution in [2.75, 3.05) is 5.32 Å². The second-order valence-corrected chi connectivity index (χ2v) is 5.19. The van der Waals surface area contributed by atoms with E-state index in [1.54, 1.807) is 6.07 Å². The van der Waals surface area contributed by atoms with E-state index in [1.165, 1.54) is 12.1 Å². The summed E-state index contributed by atoms with van der Waals surface area (Å²) in [7, 11) is 0. The highest BCUT2D eigenvalue weighted by atomic mass is 79.9. The lowest BCUT2D eigenvalue weighted by atomic mass is 10.2. The van der Waals surface area contributed by atoms with Crippen molar-refractivity contribution >= 4 is 39.1 Å². The van der Waals surface area contributed by atoms with Crippen molar-refractivity contribution in [3.8, 4) is 0 Å². The predicted molar refractivity (Wildman–Crippen MR) is 73.4 cm³/mol. The quantitative estimate of drug-likeness (QED) is 0.764. The van der Waals surface area contributed by atoms with Crippen LogP contribution in [0, 0.1) is 17.5 Å². The molecule has 2 aromatic carbocycles. The molecule has 1 amide bonds. The van der Waals surface area contributed by atoms with Crippen LogP contribution in [-0.2, 0) is 0 Å². The largest absolute Gasteiger partial charge is 0.319 e. The number of nitrogens with one attached hydrogen (secondary N) is 1. The highest BCUT2D eigenvalue weighted by molar-refractivity contribution is 9.10. The molecule has 0 heterocycles. The maximum Gasteiger partial charge on any atom is 0.255 e. The average Bonchev–Trinajstić information content (AvgIpc) is 2.38. The van der Waals surface area contributed by atoms with Crippen molar-refractivity contribution in [1.82, 2.24) is 0 Å². The molecule has 2 rings (SSSR count). The second kappa shape index (κ2) is 5.85. The zero-order valence-corrected chi connectivity index (χ0v) is 12.0. The first-order valence-electron chi connectivity index (χ1n) is 5.29. The van der Waals surface area contributed by atoms with Gasteiger partial charge >= 0.3 is 0 Å². The first-order chi connectivity index (χ1) is 9.38. The Morgan fingerprint density at radius 2 is 1.80 bits per heavy atom. The van der Waals surface area contributed by atoms with Crippen LogP contribution < -0.4 is 5.32 Å². The number of amides is 1. The van der Waals surface area contributed by atoms with E-state index in [4.69, 9.17) is 11.6 Å². The summed E-state index contributed by atoms with van der Waals surface area (Å²) < 4.78 is 39.8. The maximum absolute atomic E-state index is 13.4. The van der Waals surface area contributed by atoms with Gasteiger partial charge < -0.3 is 5.32 Å². The lowest BCUT2D eigenvalue weighted by Crippen LogP contribution is -2.14. The van der Waals surface area contributed by atoms with E-state index in [-0.39, 0.29) is 5.56 Å². The van der Waals surface area contributed by atoms with E-state index in [0.29, 0.717) is 9.50 Å². The van der Waals surface area contributed by atoms with E-state index in [2.05, 4.69) is 21.2 Å². The minimum atomic E-state index is -1.64. The Morgan fingerprint density at radius 1 is 1.10 bits per heavy atom. The van der Waals surface area contributed by atoms with Crippen molar-refractivity contribution < 1.29 is 18.0 Å². The number of halogens is 5. The molecule has 1 N–H and O–H groups in total. The molecule has 0 fully saturated rings. The van der Waals surface area contributed by atoms with Crippen LogP contribution >= 0.6 is 27.5 Å². The van der Waals surface area contributed by atoms with E-state index in [9.17, 15) is 18.0 Å². The standard InChI is InChI=1S/C13H6BrClF3NO/c14-7-3-6(4-8(15)5-7)13(20)19-10-2-1-9(16)11(17)12(10)18/h1-5H,(H,19,20). The third-order valence-corrected chi connectivity index (χ3v) is 3.08. The van der Waals surface area contributed by atoms with Gasteiger partial charge in [0.1, 0.15) is 0 Å². The normalized spacial score (nSPS) is 10.4. The Morgan fingerprint density at radius 3 is 2.45 bits per heavy atom. The Hall–Kier alpha value is -1.53. The van der Waals surface area contributed by atoms with E-state index >= 15 is 0 Å². The number of rotatable bonds is 2. The minimum absolute atomic E-state index is 0.147. The smallest absolute Gasteiger partial charge is 0.255 e. The van der Waals surface area contributed by atoms with Crippen molar-refractivity contribution in [2.24, 2.45) is 0 Å². The van der Waals surface area contributed by atoms with Gasteiger partial charge in [-0.1, -0.05) is 27.5 Å². The number of anilines is 1. The molecule has 0 bridgehead atoms. The van der Waals surface area contributed by atoms with Gasteiger partial charge in [-0.25, -0.2) is 13.2 Å². The topological polar surface area (TPSA) is 29.1 Å². The second-order valence-electron chi connectivity index (χ2n) is 3.84. The molecular weight excluding hydrogens is 358 g/mol. The molecule has 0 aliphatic rings. The summed E-state index contributed by atoms with van der Waals surface area (Å²) >= 11 is 8.94. The van der Waals surface area contributed by atoms with Crippen LogP contribution in [0.2, 0.25) is 5.02 Å². The van der Waals surface area contributed by atoms with Gasteiger partial charge in [0.05, 0.1) is 5.69 Å². The van der Waals surface area contributed by atoms with Gasteiger partial charge in [-0.15, -0.1) is 0 Å². The molecule has 0 saturated heterocycles. The van der Waals surface area contributed by atoms with E-state index < -0.39 is 29.0 Å². The van der Waals surface area contributed by atoms with Gasteiger partial charge in [-0.3, -0.25) is 4.79 Å². The monoisotopic (exact) mass is 363 g/mol. The lowest BCUT2D eigenvalue weighted by molar-refractivity contribution is 0.102. The fraction of sp³-hybridized carbons (Fsp3) is 0. The summed E-state index contributed by atoms with van der Waals surface area (Å²) in [5, 5.41) is 2.45. The molecule has 0 atom stereocenters. The zero-order chi connectivity index (χ0) is 14.9. The first-order valence-corrected chi connectivity index (χ1v) is 6.46. The summed E-state index contributed by atoms with van der Waals surface area (Å²) in [4.78, 5) is 11.9. The van der Waals surface area contributed by atoms with Crippen LogP contribution in [0.1, 0.15) is 10.4 Å². The summed E-state index contributed by atoms with van der Waals surface area (Å²) in [6, 6.07) is 6.04. The molecule has 0 aliphatic heterocycles. The molecule has 20 heavy (non-hydrogen) atoms. The van der Waals surface area contributed by atoms with Crippen LogP contribution in [-0.4, -0.2) is 5.91 Å². The fourth-order valence-electron chi connectivity index (χ4n) is 1.50. The van der Waals surface area contributed by atoms with Crippen LogP contribution in [0.4, 0.5) is 18.9 Å². The Labute approximate surface area is 125 Å².